The highest BCUT2D eigenvalue weighted by atomic mass is 16.5. The highest BCUT2D eigenvalue weighted by molar-refractivity contribution is 5.77. The lowest BCUT2D eigenvalue weighted by molar-refractivity contribution is -0.150. The Bertz CT molecular complexity index is 379. The SMILES string of the molecule is C=CCCCOC(=O)CCC(=O)OCCCCCCCCCCCCCCC. The molecular weight excluding hydrogens is 352 g/mol. The number of rotatable bonds is 21. The lowest BCUT2D eigenvalue weighted by atomic mass is 10.0. The Morgan fingerprint density at radius 2 is 1.04 bits per heavy atom. The summed E-state index contributed by atoms with van der Waals surface area (Å²) in [6.07, 6.45) is 20.5. The molecule has 0 unspecified atom stereocenters. The lowest BCUT2D eigenvalue weighted by Gasteiger charge is -2.06. The Morgan fingerprint density at radius 3 is 1.46 bits per heavy atom. The lowest BCUT2D eigenvalue weighted by Crippen LogP contribution is -2.11. The monoisotopic (exact) mass is 396 g/mol. The van der Waals surface area contributed by atoms with Crippen molar-refractivity contribution in [1.29, 1.82) is 0 Å². The zero-order valence-electron chi connectivity index (χ0n) is 18.4. The highest BCUT2D eigenvalue weighted by Crippen LogP contribution is 2.12. The van der Waals surface area contributed by atoms with Gasteiger partial charge in [0.15, 0.2) is 0 Å². The van der Waals surface area contributed by atoms with Crippen LogP contribution >= 0.6 is 0 Å². The Balaban J connectivity index is 3.25. The zero-order chi connectivity index (χ0) is 20.7. The molecule has 0 N–H and O–H groups in total. The molecule has 28 heavy (non-hydrogen) atoms. The van der Waals surface area contributed by atoms with Gasteiger partial charge >= 0.3 is 11.9 Å². The number of hydrogen-bond acceptors (Lipinski definition) is 4. The molecule has 0 aliphatic heterocycles. The van der Waals surface area contributed by atoms with Crippen LogP contribution in [0.2, 0.25) is 0 Å². The molecule has 164 valence electrons. The normalized spacial score (nSPS) is 10.6. The Hall–Kier alpha value is -1.32. The van der Waals surface area contributed by atoms with Crippen molar-refractivity contribution in [3.8, 4) is 0 Å². The molecule has 0 aliphatic rings. The third-order valence-corrected chi connectivity index (χ3v) is 4.86. The summed E-state index contributed by atoms with van der Waals surface area (Å²) in [7, 11) is 0. The van der Waals surface area contributed by atoms with Gasteiger partial charge < -0.3 is 9.47 Å². The number of carbonyl (C=O) groups is 2. The van der Waals surface area contributed by atoms with E-state index in [1.807, 2.05) is 0 Å². The minimum atomic E-state index is -0.332. The van der Waals surface area contributed by atoms with E-state index >= 15 is 0 Å². The van der Waals surface area contributed by atoms with Crippen LogP contribution in [0.5, 0.6) is 0 Å². The van der Waals surface area contributed by atoms with Crippen LogP contribution in [0, 0.1) is 0 Å². The van der Waals surface area contributed by atoms with Crippen LogP contribution in [0.4, 0.5) is 0 Å². The summed E-state index contributed by atoms with van der Waals surface area (Å²) in [6, 6.07) is 0. The van der Waals surface area contributed by atoms with Gasteiger partial charge in [-0.05, 0) is 19.3 Å². The first-order valence-electron chi connectivity index (χ1n) is 11.6. The molecule has 0 spiro atoms. The van der Waals surface area contributed by atoms with Gasteiger partial charge in [-0.15, -0.1) is 6.58 Å². The maximum Gasteiger partial charge on any atom is 0.306 e. The molecule has 0 saturated heterocycles. The molecule has 0 heterocycles. The average Bonchev–Trinajstić information content (AvgIpc) is 2.70. The Labute approximate surface area is 173 Å². The van der Waals surface area contributed by atoms with E-state index in [9.17, 15) is 9.59 Å². The summed E-state index contributed by atoms with van der Waals surface area (Å²) in [6.45, 7) is 6.72. The first-order valence-corrected chi connectivity index (χ1v) is 11.6. The molecule has 0 atom stereocenters. The standard InChI is InChI=1S/C24H44O4/c1-3-5-7-8-9-10-11-12-13-14-15-16-18-22-28-24(26)20-19-23(25)27-21-17-6-4-2/h4H,2-3,5-22H2,1H3. The van der Waals surface area contributed by atoms with Crippen molar-refractivity contribution in [3.63, 3.8) is 0 Å². The number of allylic oxidation sites excluding steroid dienone is 1. The maximum absolute atomic E-state index is 11.6. The number of esters is 2. The minimum Gasteiger partial charge on any atom is -0.466 e. The van der Waals surface area contributed by atoms with Crippen LogP contribution in [0.3, 0.4) is 0 Å². The van der Waals surface area contributed by atoms with Crippen LogP contribution in [0.1, 0.15) is 116 Å². The molecule has 0 aromatic heterocycles. The van der Waals surface area contributed by atoms with E-state index in [4.69, 9.17) is 9.47 Å². The van der Waals surface area contributed by atoms with E-state index in [1.165, 1.54) is 70.6 Å². The van der Waals surface area contributed by atoms with Gasteiger partial charge in [0.25, 0.3) is 0 Å². The van der Waals surface area contributed by atoms with Crippen molar-refractivity contribution in [2.75, 3.05) is 13.2 Å². The third kappa shape index (κ3) is 21.0. The second-order valence-corrected chi connectivity index (χ2v) is 7.61. The first-order chi connectivity index (χ1) is 13.7. The largest absolute Gasteiger partial charge is 0.466 e. The van der Waals surface area contributed by atoms with E-state index in [2.05, 4.69) is 13.5 Å². The van der Waals surface area contributed by atoms with Crippen molar-refractivity contribution < 1.29 is 19.1 Å². The molecule has 0 fully saturated rings. The van der Waals surface area contributed by atoms with Crippen molar-refractivity contribution in [1.82, 2.24) is 0 Å². The third-order valence-electron chi connectivity index (χ3n) is 4.86. The molecule has 0 saturated carbocycles. The van der Waals surface area contributed by atoms with Crippen molar-refractivity contribution in [2.24, 2.45) is 0 Å². The van der Waals surface area contributed by atoms with E-state index in [0.717, 1.165) is 25.7 Å². The smallest absolute Gasteiger partial charge is 0.306 e. The molecular formula is C24H44O4. The highest BCUT2D eigenvalue weighted by Gasteiger charge is 2.08. The predicted molar refractivity (Wildman–Crippen MR) is 116 cm³/mol. The van der Waals surface area contributed by atoms with E-state index in [1.54, 1.807) is 6.08 Å². The average molecular weight is 397 g/mol. The molecule has 0 aromatic rings. The number of hydrogen-bond donors (Lipinski definition) is 0. The molecule has 0 amide bonds. The van der Waals surface area contributed by atoms with E-state index in [-0.39, 0.29) is 24.8 Å². The molecule has 0 bridgehead atoms. The molecule has 4 nitrogen and oxygen atoms in total. The van der Waals surface area contributed by atoms with Crippen LogP contribution in [-0.4, -0.2) is 25.2 Å². The van der Waals surface area contributed by atoms with Gasteiger partial charge in [-0.25, -0.2) is 0 Å². The molecule has 0 rings (SSSR count). The van der Waals surface area contributed by atoms with Gasteiger partial charge in [-0.2, -0.15) is 0 Å². The maximum atomic E-state index is 11.6. The fraction of sp³-hybridized carbons (Fsp3) is 0.833. The quantitative estimate of drug-likeness (QED) is 0.120. The summed E-state index contributed by atoms with van der Waals surface area (Å²) < 4.78 is 10.2. The molecule has 0 aromatic carbocycles. The minimum absolute atomic E-state index is 0.103. The summed E-state index contributed by atoms with van der Waals surface area (Å²) in [5, 5.41) is 0. The van der Waals surface area contributed by atoms with Crippen molar-refractivity contribution in [2.45, 2.75) is 116 Å². The topological polar surface area (TPSA) is 52.6 Å². The van der Waals surface area contributed by atoms with Crippen molar-refractivity contribution >= 4 is 11.9 Å². The summed E-state index contributed by atoms with van der Waals surface area (Å²) in [5.74, 6) is -0.635. The molecule has 4 heteroatoms. The van der Waals surface area contributed by atoms with Gasteiger partial charge in [0.1, 0.15) is 0 Å². The fourth-order valence-electron chi connectivity index (χ4n) is 3.07. The van der Waals surface area contributed by atoms with Crippen molar-refractivity contribution in [3.05, 3.63) is 12.7 Å². The summed E-state index contributed by atoms with van der Waals surface area (Å²) >= 11 is 0. The molecule has 0 aliphatic carbocycles. The second-order valence-electron chi connectivity index (χ2n) is 7.61. The van der Waals surface area contributed by atoms with Gasteiger partial charge in [0, 0.05) is 0 Å². The van der Waals surface area contributed by atoms with Crippen LogP contribution in [0.25, 0.3) is 0 Å². The molecule has 0 radical (unpaired) electrons. The number of unbranched alkanes of at least 4 members (excludes halogenated alkanes) is 13. The van der Waals surface area contributed by atoms with Gasteiger partial charge in [0.2, 0.25) is 0 Å². The Morgan fingerprint density at radius 1 is 0.643 bits per heavy atom. The predicted octanol–water partition coefficient (Wildman–Crippen LogP) is 6.91. The Kier molecular flexibility index (Phi) is 20.9. The number of carbonyl (C=O) groups excluding carboxylic acids is 2. The second kappa shape index (κ2) is 22.0. The summed E-state index contributed by atoms with van der Waals surface area (Å²) in [5.41, 5.74) is 0. The zero-order valence-corrected chi connectivity index (χ0v) is 18.4. The first kappa shape index (κ1) is 26.7. The van der Waals surface area contributed by atoms with Crippen LogP contribution < -0.4 is 0 Å². The number of ether oxygens (including phenoxy) is 2. The van der Waals surface area contributed by atoms with Gasteiger partial charge in [-0.3, -0.25) is 9.59 Å². The van der Waals surface area contributed by atoms with E-state index < -0.39 is 0 Å². The van der Waals surface area contributed by atoms with E-state index in [0.29, 0.717) is 13.2 Å². The van der Waals surface area contributed by atoms with Crippen LogP contribution in [-0.2, 0) is 19.1 Å². The summed E-state index contributed by atoms with van der Waals surface area (Å²) in [4.78, 5) is 23.1. The van der Waals surface area contributed by atoms with Gasteiger partial charge in [0.05, 0.1) is 26.1 Å². The van der Waals surface area contributed by atoms with Gasteiger partial charge in [-0.1, -0.05) is 90.0 Å². The fourth-order valence-corrected chi connectivity index (χ4v) is 3.07. The van der Waals surface area contributed by atoms with Crippen LogP contribution in [0.15, 0.2) is 12.7 Å².